The van der Waals surface area contributed by atoms with Crippen LogP contribution in [0.15, 0.2) is 30.3 Å². The first-order valence-corrected chi connectivity index (χ1v) is 11.1. The zero-order valence-electron chi connectivity index (χ0n) is 15.4. The lowest BCUT2D eigenvalue weighted by Crippen LogP contribution is -2.53. The second kappa shape index (κ2) is 8.32. The molecule has 4 nitrogen and oxygen atoms in total. The number of hydrogen-bond donors (Lipinski definition) is 1. The third-order valence-corrected chi connectivity index (χ3v) is 7.60. The number of aliphatic hydroxyl groups excluding tert-OH is 1. The lowest BCUT2D eigenvalue weighted by atomic mass is 10.1. The van der Waals surface area contributed by atoms with E-state index in [1.165, 1.54) is 31.2 Å². The molecule has 0 aromatic heterocycles. The van der Waals surface area contributed by atoms with E-state index in [4.69, 9.17) is 0 Å². The Bertz CT molecular complexity index is 597. The molecule has 1 aromatic rings. The summed E-state index contributed by atoms with van der Waals surface area (Å²) in [6.45, 7) is 3.09. The average molecular weight is 375 g/mol. The van der Waals surface area contributed by atoms with Crippen molar-refractivity contribution in [2.45, 2.75) is 49.5 Å². The molecule has 1 unspecified atom stereocenters. The second-order valence-electron chi connectivity index (χ2n) is 7.94. The van der Waals surface area contributed by atoms with Crippen molar-refractivity contribution in [1.82, 2.24) is 9.80 Å². The van der Waals surface area contributed by atoms with Gasteiger partial charge in [-0.2, -0.15) is 11.8 Å². The highest BCUT2D eigenvalue weighted by molar-refractivity contribution is 7.99. The highest BCUT2D eigenvalue weighted by Crippen LogP contribution is 2.48. The molecule has 1 aromatic carbocycles. The normalized spacial score (nSPS) is 28.3. The molecule has 4 rings (SSSR count). The molecule has 5 heteroatoms. The van der Waals surface area contributed by atoms with Gasteiger partial charge in [-0.05, 0) is 30.7 Å². The molecule has 0 radical (unpaired) electrons. The van der Waals surface area contributed by atoms with E-state index in [1.54, 1.807) is 0 Å². The Labute approximate surface area is 160 Å². The zero-order chi connectivity index (χ0) is 17.9. The predicted octanol–water partition coefficient (Wildman–Crippen LogP) is 2.93. The van der Waals surface area contributed by atoms with Crippen molar-refractivity contribution >= 4 is 17.7 Å². The van der Waals surface area contributed by atoms with Crippen molar-refractivity contribution in [2.24, 2.45) is 5.92 Å². The summed E-state index contributed by atoms with van der Waals surface area (Å²) in [7, 11) is 0. The zero-order valence-corrected chi connectivity index (χ0v) is 16.2. The molecule has 1 amide bonds. The number of thioether (sulfide) groups is 1. The Morgan fingerprint density at radius 1 is 1.12 bits per heavy atom. The van der Waals surface area contributed by atoms with Gasteiger partial charge < -0.3 is 10.0 Å². The van der Waals surface area contributed by atoms with Gasteiger partial charge >= 0.3 is 0 Å². The summed E-state index contributed by atoms with van der Waals surface area (Å²) in [6, 6.07) is 10.4. The summed E-state index contributed by atoms with van der Waals surface area (Å²) in [5, 5.41) is 11.2. The molecule has 0 bridgehead atoms. The molecule has 3 atom stereocenters. The van der Waals surface area contributed by atoms with Crippen LogP contribution < -0.4 is 0 Å². The molecule has 1 heterocycles. The molecule has 1 saturated heterocycles. The Morgan fingerprint density at radius 2 is 1.81 bits per heavy atom. The molecule has 1 N–H and O–H groups in total. The topological polar surface area (TPSA) is 43.8 Å². The number of rotatable bonds is 6. The molecule has 0 spiro atoms. The minimum absolute atomic E-state index is 0.173. The number of benzene rings is 1. The fourth-order valence-corrected chi connectivity index (χ4v) is 5.72. The third kappa shape index (κ3) is 4.26. The van der Waals surface area contributed by atoms with Gasteiger partial charge in [0.05, 0.1) is 0 Å². The highest BCUT2D eigenvalue weighted by Gasteiger charge is 2.46. The number of carbonyl (C=O) groups is 1. The third-order valence-electron chi connectivity index (χ3n) is 6.17. The van der Waals surface area contributed by atoms with Crippen LogP contribution in [0.3, 0.4) is 0 Å². The first-order valence-electron chi connectivity index (χ1n) is 10.1. The van der Waals surface area contributed by atoms with Crippen LogP contribution in [0.5, 0.6) is 0 Å². The molecular weight excluding hydrogens is 344 g/mol. The number of carbonyl (C=O) groups excluding carboxylic acids is 1. The fraction of sp³-hybridized carbons (Fsp3) is 0.667. The van der Waals surface area contributed by atoms with Crippen molar-refractivity contribution in [3.05, 3.63) is 35.9 Å². The van der Waals surface area contributed by atoms with Crippen molar-refractivity contribution < 1.29 is 9.90 Å². The Kier molecular flexibility index (Phi) is 5.87. The lowest BCUT2D eigenvalue weighted by molar-refractivity contribution is -0.136. The van der Waals surface area contributed by atoms with Crippen molar-refractivity contribution in [1.29, 1.82) is 0 Å². The summed E-state index contributed by atoms with van der Waals surface area (Å²) in [4.78, 5) is 16.9. The van der Waals surface area contributed by atoms with Gasteiger partial charge in [0.25, 0.3) is 0 Å². The number of aliphatic hydroxyl groups is 1. The maximum Gasteiger partial charge on any atom is 0.226 e. The first kappa shape index (κ1) is 18.3. The van der Waals surface area contributed by atoms with E-state index < -0.39 is 0 Å². The molecule has 3 aliphatic rings. The van der Waals surface area contributed by atoms with Gasteiger partial charge in [-0.1, -0.05) is 43.2 Å². The van der Waals surface area contributed by atoms with Crippen LogP contribution in [0.2, 0.25) is 0 Å². The van der Waals surface area contributed by atoms with Gasteiger partial charge in [0.2, 0.25) is 5.91 Å². The van der Waals surface area contributed by atoms with E-state index >= 15 is 0 Å². The van der Waals surface area contributed by atoms with Gasteiger partial charge in [0.15, 0.2) is 0 Å². The summed E-state index contributed by atoms with van der Waals surface area (Å²) >= 11 is 1.93. The summed E-state index contributed by atoms with van der Waals surface area (Å²) in [5.41, 5.74) is 1.30. The van der Waals surface area contributed by atoms with Crippen molar-refractivity contribution in [2.75, 3.05) is 31.9 Å². The van der Waals surface area contributed by atoms with Gasteiger partial charge in [0.1, 0.15) is 6.23 Å². The number of amides is 1. The largest absolute Gasteiger partial charge is 0.378 e. The van der Waals surface area contributed by atoms with Gasteiger partial charge in [-0.25, -0.2) is 0 Å². The highest BCUT2D eigenvalue weighted by atomic mass is 32.2. The van der Waals surface area contributed by atoms with Crippen LogP contribution in [-0.2, 0) is 4.79 Å². The van der Waals surface area contributed by atoms with E-state index in [-0.39, 0.29) is 12.1 Å². The van der Waals surface area contributed by atoms with Crippen molar-refractivity contribution in [3.63, 3.8) is 0 Å². The second-order valence-corrected chi connectivity index (χ2v) is 9.27. The molecule has 142 valence electrons. The van der Waals surface area contributed by atoms with Gasteiger partial charge in [-0.15, -0.1) is 0 Å². The molecule has 1 aliphatic heterocycles. The SMILES string of the molecule is O=C([C@@H]1C[C@H]1c1ccccc1)N1CCN(C(O)CSC2CCCC2)CC1. The number of hydrogen-bond acceptors (Lipinski definition) is 4. The quantitative estimate of drug-likeness (QED) is 0.831. The summed E-state index contributed by atoms with van der Waals surface area (Å²) < 4.78 is 0. The van der Waals surface area contributed by atoms with Crippen LogP contribution in [0.25, 0.3) is 0 Å². The monoisotopic (exact) mass is 374 g/mol. The molecular formula is C21H30N2O2S. The standard InChI is InChI=1S/C21H30N2O2S/c24-20(15-26-17-8-4-5-9-17)22-10-12-23(13-11-22)21(25)19-14-18(19)16-6-2-1-3-7-16/h1-3,6-7,17-20,24H,4-5,8-15H2/t18-,19+,20?/m0/s1. The molecule has 2 saturated carbocycles. The maximum atomic E-state index is 12.8. The number of piperazine rings is 1. The van der Waals surface area contributed by atoms with Crippen LogP contribution >= 0.6 is 11.8 Å². The minimum atomic E-state index is -0.365. The fourth-order valence-electron chi connectivity index (χ4n) is 4.39. The smallest absolute Gasteiger partial charge is 0.226 e. The maximum absolute atomic E-state index is 12.8. The van der Waals surface area contributed by atoms with Gasteiger partial charge in [-0.3, -0.25) is 9.69 Å². The first-order chi connectivity index (χ1) is 12.7. The van der Waals surface area contributed by atoms with E-state index in [9.17, 15) is 9.90 Å². The van der Waals surface area contributed by atoms with Crippen LogP contribution in [0.4, 0.5) is 0 Å². The summed E-state index contributed by atoms with van der Waals surface area (Å²) in [6.07, 6.45) is 5.94. The predicted molar refractivity (Wildman–Crippen MR) is 106 cm³/mol. The molecule has 3 fully saturated rings. The summed E-state index contributed by atoms with van der Waals surface area (Å²) in [5.74, 6) is 1.70. The van der Waals surface area contributed by atoms with E-state index in [2.05, 4.69) is 29.2 Å². The average Bonchev–Trinajstić information content (AvgIpc) is 3.33. The van der Waals surface area contributed by atoms with Crippen LogP contribution in [0, 0.1) is 5.92 Å². The molecule has 26 heavy (non-hydrogen) atoms. The van der Waals surface area contributed by atoms with Gasteiger partial charge in [0, 0.05) is 43.1 Å². The van der Waals surface area contributed by atoms with Crippen LogP contribution in [0.1, 0.15) is 43.6 Å². The Hall–Kier alpha value is -1.04. The van der Waals surface area contributed by atoms with E-state index in [0.717, 1.165) is 43.6 Å². The number of nitrogens with zero attached hydrogens (tertiary/aromatic N) is 2. The Balaban J connectivity index is 1.20. The van der Waals surface area contributed by atoms with Crippen LogP contribution in [-0.4, -0.2) is 64.2 Å². The minimum Gasteiger partial charge on any atom is -0.378 e. The Morgan fingerprint density at radius 3 is 2.50 bits per heavy atom. The van der Waals surface area contributed by atoms with Crippen molar-refractivity contribution in [3.8, 4) is 0 Å². The van der Waals surface area contributed by atoms with E-state index in [0.29, 0.717) is 11.8 Å². The molecule has 2 aliphatic carbocycles. The lowest BCUT2D eigenvalue weighted by Gasteiger charge is -2.37. The van der Waals surface area contributed by atoms with E-state index in [1.807, 2.05) is 22.7 Å².